The number of fused-ring (bicyclic) bond motifs is 1. The number of aliphatic hydroxyl groups is 1. The van der Waals surface area contributed by atoms with E-state index in [1.807, 2.05) is 42.5 Å². The summed E-state index contributed by atoms with van der Waals surface area (Å²) >= 11 is 0. The standard InChI is InChI=1S/C20H28O2Si.C7H5FO/c1-19(2,3)14-18(21)15-20(22-23,16-10-6-4-7-11-16)17-12-8-5-9-13-17;8-7-5-3-1-2-4-6(5)9-7/h4-13,18,21H,14-15H2,1-3,23H3;1-4,7H. The molecule has 1 N–H and O–H groups in total. The van der Waals surface area contributed by atoms with Crippen LogP contribution in [0.2, 0.25) is 0 Å². The third kappa shape index (κ3) is 5.85. The molecule has 0 spiro atoms. The molecule has 1 aliphatic heterocycles. The number of halogens is 1. The zero-order chi connectivity index (χ0) is 23.2. The van der Waals surface area contributed by atoms with Crippen LogP contribution in [0.3, 0.4) is 0 Å². The van der Waals surface area contributed by atoms with Gasteiger partial charge in [-0.2, -0.15) is 4.39 Å². The number of alkyl halides is 1. The summed E-state index contributed by atoms with van der Waals surface area (Å²) in [6.07, 6.45) is -0.272. The van der Waals surface area contributed by atoms with Gasteiger partial charge in [0.2, 0.25) is 0 Å². The Bertz CT molecular complexity index is 933. The molecular formula is C27H33FO3Si. The van der Waals surface area contributed by atoms with Crippen LogP contribution < -0.4 is 4.74 Å². The van der Waals surface area contributed by atoms with Crippen LogP contribution in [0.15, 0.2) is 84.9 Å². The number of hydrogen-bond donors (Lipinski definition) is 1. The summed E-state index contributed by atoms with van der Waals surface area (Å²) < 4.78 is 23.1. The molecule has 0 saturated carbocycles. The van der Waals surface area contributed by atoms with Crippen LogP contribution in [0.25, 0.3) is 0 Å². The minimum Gasteiger partial charge on any atom is -0.455 e. The van der Waals surface area contributed by atoms with E-state index >= 15 is 0 Å². The van der Waals surface area contributed by atoms with Gasteiger partial charge in [-0.3, -0.25) is 0 Å². The van der Waals surface area contributed by atoms with Crippen LogP contribution >= 0.6 is 0 Å². The first-order valence-corrected chi connectivity index (χ1v) is 11.8. The zero-order valence-electron chi connectivity index (χ0n) is 19.3. The third-order valence-corrected chi connectivity index (χ3v) is 6.29. The minimum atomic E-state index is -1.18. The molecule has 1 heterocycles. The number of para-hydroxylation sites is 1. The predicted octanol–water partition coefficient (Wildman–Crippen LogP) is 5.46. The summed E-state index contributed by atoms with van der Waals surface area (Å²) in [4.78, 5) is 0. The fraction of sp³-hybridized carbons (Fsp3) is 0.333. The highest BCUT2D eigenvalue weighted by Crippen LogP contribution is 2.40. The molecule has 3 nitrogen and oxygen atoms in total. The van der Waals surface area contributed by atoms with E-state index in [-0.39, 0.29) is 5.41 Å². The van der Waals surface area contributed by atoms with Gasteiger partial charge in [-0.1, -0.05) is 93.6 Å². The fourth-order valence-corrected chi connectivity index (χ4v) is 4.78. The van der Waals surface area contributed by atoms with Crippen LogP contribution in [0.1, 0.15) is 56.7 Å². The van der Waals surface area contributed by atoms with Gasteiger partial charge >= 0.3 is 0 Å². The largest absolute Gasteiger partial charge is 0.455 e. The van der Waals surface area contributed by atoms with Gasteiger partial charge in [0.15, 0.2) is 0 Å². The van der Waals surface area contributed by atoms with Gasteiger partial charge in [0.05, 0.1) is 11.7 Å². The summed E-state index contributed by atoms with van der Waals surface area (Å²) in [5.74, 6) is 0.671. The molecule has 3 aromatic carbocycles. The van der Waals surface area contributed by atoms with Gasteiger partial charge in [0.1, 0.15) is 21.8 Å². The lowest BCUT2D eigenvalue weighted by atomic mass is 9.78. The van der Waals surface area contributed by atoms with Crippen LogP contribution in [-0.2, 0) is 10.0 Å². The van der Waals surface area contributed by atoms with Crippen molar-refractivity contribution >= 4 is 10.5 Å². The normalized spacial score (nSPS) is 16.1. The smallest absolute Gasteiger partial charge is 0.267 e. The zero-order valence-corrected chi connectivity index (χ0v) is 21.3. The molecule has 4 rings (SSSR count). The molecule has 2 unspecified atom stereocenters. The van der Waals surface area contributed by atoms with Crippen molar-refractivity contribution in [1.29, 1.82) is 0 Å². The predicted molar refractivity (Wildman–Crippen MR) is 130 cm³/mol. The SMILES string of the molecule is CC(C)(C)CC(O)CC(O[SiH3])(c1ccccc1)c1ccccc1.FC1Oc2ccccc21. The first kappa shape index (κ1) is 24.2. The molecule has 3 aromatic rings. The van der Waals surface area contributed by atoms with Gasteiger partial charge in [0.25, 0.3) is 6.36 Å². The van der Waals surface area contributed by atoms with Crippen molar-refractivity contribution in [1.82, 2.24) is 0 Å². The molecule has 170 valence electrons. The number of ether oxygens (including phenoxy) is 1. The molecule has 2 atom stereocenters. The van der Waals surface area contributed by atoms with E-state index in [2.05, 4.69) is 49.8 Å². The van der Waals surface area contributed by atoms with Crippen molar-refractivity contribution in [3.05, 3.63) is 102 Å². The van der Waals surface area contributed by atoms with Crippen LogP contribution in [0, 0.1) is 5.41 Å². The average molecular weight is 453 g/mol. The first-order valence-electron chi connectivity index (χ1n) is 11.0. The number of benzene rings is 3. The third-order valence-electron chi connectivity index (χ3n) is 5.59. The van der Waals surface area contributed by atoms with Gasteiger partial charge in [-0.15, -0.1) is 0 Å². The Kier molecular flexibility index (Phi) is 7.88. The fourth-order valence-electron chi connectivity index (χ4n) is 4.14. The topological polar surface area (TPSA) is 38.7 Å². The Balaban J connectivity index is 0.000000264. The maximum atomic E-state index is 12.3. The lowest BCUT2D eigenvalue weighted by Gasteiger charge is -2.37. The lowest BCUT2D eigenvalue weighted by Crippen LogP contribution is -2.36. The Morgan fingerprint density at radius 3 is 1.78 bits per heavy atom. The average Bonchev–Trinajstić information content (AvgIpc) is 2.77. The van der Waals surface area contributed by atoms with Crippen LogP contribution in [0.4, 0.5) is 4.39 Å². The van der Waals surface area contributed by atoms with Crippen LogP contribution in [-0.4, -0.2) is 21.7 Å². The van der Waals surface area contributed by atoms with Crippen molar-refractivity contribution in [3.63, 3.8) is 0 Å². The van der Waals surface area contributed by atoms with E-state index in [1.165, 1.54) is 0 Å². The highest BCUT2D eigenvalue weighted by atomic mass is 28.2. The van der Waals surface area contributed by atoms with Crippen molar-refractivity contribution in [2.24, 2.45) is 5.41 Å². The number of rotatable bonds is 6. The Morgan fingerprint density at radius 1 is 0.875 bits per heavy atom. The maximum absolute atomic E-state index is 12.3. The Hall–Kier alpha value is -2.47. The van der Waals surface area contributed by atoms with Gasteiger partial charge in [-0.25, -0.2) is 0 Å². The van der Waals surface area contributed by atoms with Gasteiger partial charge < -0.3 is 14.3 Å². The van der Waals surface area contributed by atoms with E-state index in [0.29, 0.717) is 28.2 Å². The summed E-state index contributed by atoms with van der Waals surface area (Å²) in [6, 6.07) is 27.6. The second-order valence-electron chi connectivity index (χ2n) is 9.36. The van der Waals surface area contributed by atoms with E-state index in [9.17, 15) is 9.50 Å². The quantitative estimate of drug-likeness (QED) is 0.505. The molecule has 0 radical (unpaired) electrons. The molecule has 0 amide bonds. The van der Waals surface area contributed by atoms with Crippen molar-refractivity contribution in [2.45, 2.75) is 51.7 Å². The summed E-state index contributed by atoms with van der Waals surface area (Å²) in [5, 5.41) is 10.7. The van der Waals surface area contributed by atoms with E-state index in [4.69, 9.17) is 4.43 Å². The van der Waals surface area contributed by atoms with Crippen LogP contribution in [0.5, 0.6) is 5.75 Å². The molecule has 0 saturated heterocycles. The number of hydrogen-bond acceptors (Lipinski definition) is 3. The molecular weight excluding hydrogens is 419 g/mol. The van der Waals surface area contributed by atoms with Crippen molar-refractivity contribution in [2.75, 3.05) is 0 Å². The summed E-state index contributed by atoms with van der Waals surface area (Å²) in [6.45, 7) is 6.47. The number of aliphatic hydroxyl groups excluding tert-OH is 1. The first-order chi connectivity index (χ1) is 15.2. The Labute approximate surface area is 193 Å². The lowest BCUT2D eigenvalue weighted by molar-refractivity contribution is 0.0194. The van der Waals surface area contributed by atoms with Crippen molar-refractivity contribution in [3.8, 4) is 5.75 Å². The molecule has 32 heavy (non-hydrogen) atoms. The molecule has 0 bridgehead atoms. The molecule has 5 heteroatoms. The molecule has 1 aliphatic rings. The molecule has 0 fully saturated rings. The highest BCUT2D eigenvalue weighted by molar-refractivity contribution is 5.98. The summed E-state index contributed by atoms with van der Waals surface area (Å²) in [7, 11) is 0.602. The van der Waals surface area contributed by atoms with Crippen molar-refractivity contribution < 1.29 is 18.7 Å². The Morgan fingerprint density at radius 2 is 1.38 bits per heavy atom. The maximum Gasteiger partial charge on any atom is 0.267 e. The summed E-state index contributed by atoms with van der Waals surface area (Å²) in [5.41, 5.74) is 2.39. The van der Waals surface area contributed by atoms with E-state index in [1.54, 1.807) is 18.2 Å². The minimum absolute atomic E-state index is 0.0870. The second-order valence-corrected chi connectivity index (χ2v) is 9.77. The van der Waals surface area contributed by atoms with Gasteiger partial charge in [-0.05, 0) is 35.1 Å². The van der Waals surface area contributed by atoms with E-state index < -0.39 is 18.1 Å². The molecule has 0 aliphatic carbocycles. The highest BCUT2D eigenvalue weighted by Gasteiger charge is 2.36. The monoisotopic (exact) mass is 452 g/mol. The van der Waals surface area contributed by atoms with Gasteiger partial charge in [0, 0.05) is 6.42 Å². The second kappa shape index (κ2) is 10.4. The molecule has 0 aromatic heterocycles. The van der Waals surface area contributed by atoms with E-state index in [0.717, 1.165) is 17.5 Å².